The van der Waals surface area contributed by atoms with E-state index in [2.05, 4.69) is 20.7 Å². The number of benzene rings is 1. The first-order valence-electron chi connectivity index (χ1n) is 9.83. The van der Waals surface area contributed by atoms with Crippen LogP contribution in [0.2, 0.25) is 0 Å². The van der Waals surface area contributed by atoms with E-state index in [1.54, 1.807) is 24.4 Å². The van der Waals surface area contributed by atoms with Gasteiger partial charge in [0.15, 0.2) is 11.6 Å². The van der Waals surface area contributed by atoms with Gasteiger partial charge in [0.25, 0.3) is 5.56 Å². The Labute approximate surface area is 183 Å². The Balaban J connectivity index is 2.01. The number of rotatable bonds is 8. The van der Waals surface area contributed by atoms with Crippen molar-refractivity contribution in [1.82, 2.24) is 14.8 Å². The molecule has 166 valence electrons. The van der Waals surface area contributed by atoms with E-state index in [9.17, 15) is 14.5 Å². The summed E-state index contributed by atoms with van der Waals surface area (Å²) in [7, 11) is 0. The predicted molar refractivity (Wildman–Crippen MR) is 120 cm³/mol. The molecule has 0 saturated heterocycles. The molecule has 3 aromatic rings. The number of carbonyl (C=O) groups excluding carboxylic acids is 1. The number of carbonyl (C=O) groups is 1. The summed E-state index contributed by atoms with van der Waals surface area (Å²) in [6, 6.07) is 6.62. The van der Waals surface area contributed by atoms with E-state index in [-0.39, 0.29) is 35.0 Å². The SMILES string of the molecule is CCCc1c(OCc2cccn3c(=O)c(/C(=N/N)NN)cnc23)ccc(C(C)=O)c1N=O. The molecule has 2 heterocycles. The largest absolute Gasteiger partial charge is 0.488 e. The number of pyridine rings is 1. The van der Waals surface area contributed by atoms with Gasteiger partial charge < -0.3 is 16.0 Å². The number of nitroso groups, excluding NO2 is 1. The predicted octanol–water partition coefficient (Wildman–Crippen LogP) is 1.91. The number of Topliss-reactive ketones (excluding diaryl/α,β-unsaturated/α-hetero) is 1. The van der Waals surface area contributed by atoms with Crippen LogP contribution in [0.1, 0.15) is 47.3 Å². The zero-order chi connectivity index (χ0) is 23.3. The standard InChI is InChI=1S/C21H23N7O4/c1-3-5-15-17(8-7-14(12(2)29)18(15)27-31)32-11-13-6-4-9-28-20(13)24-10-16(21(28)30)19(25-22)26-23/h4,6-10H,3,5,11,22-23H2,1-2H3,(H,25,26). The van der Waals surface area contributed by atoms with Gasteiger partial charge >= 0.3 is 0 Å². The fraction of sp³-hybridized carbons (Fsp3) is 0.238. The number of hydrazine groups is 1. The molecule has 0 unspecified atom stereocenters. The van der Waals surface area contributed by atoms with Crippen LogP contribution < -0.4 is 27.4 Å². The molecule has 0 amide bonds. The highest BCUT2D eigenvalue weighted by atomic mass is 16.5. The fourth-order valence-corrected chi connectivity index (χ4v) is 3.41. The van der Waals surface area contributed by atoms with Crippen molar-refractivity contribution in [3.63, 3.8) is 0 Å². The highest BCUT2D eigenvalue weighted by Crippen LogP contribution is 2.34. The van der Waals surface area contributed by atoms with Gasteiger partial charge in [-0.3, -0.25) is 14.0 Å². The van der Waals surface area contributed by atoms with Crippen LogP contribution in [-0.2, 0) is 13.0 Å². The lowest BCUT2D eigenvalue weighted by Gasteiger charge is -2.15. The van der Waals surface area contributed by atoms with Crippen LogP contribution in [0, 0.1) is 4.91 Å². The summed E-state index contributed by atoms with van der Waals surface area (Å²) in [5, 5.41) is 6.53. The topological polar surface area (TPSA) is 167 Å². The Morgan fingerprint density at radius 1 is 1.28 bits per heavy atom. The lowest BCUT2D eigenvalue weighted by molar-refractivity contribution is 0.101. The lowest BCUT2D eigenvalue weighted by atomic mass is 10.00. The van der Waals surface area contributed by atoms with Gasteiger partial charge in [-0.15, -0.1) is 4.91 Å². The second-order valence-electron chi connectivity index (χ2n) is 6.95. The van der Waals surface area contributed by atoms with Gasteiger partial charge in [-0.25, -0.2) is 10.8 Å². The van der Waals surface area contributed by atoms with Crippen LogP contribution >= 0.6 is 0 Å². The Bertz CT molecular complexity index is 1270. The first-order chi connectivity index (χ1) is 15.5. The molecule has 0 aliphatic rings. The van der Waals surface area contributed by atoms with E-state index in [0.717, 1.165) is 6.42 Å². The second kappa shape index (κ2) is 9.79. The summed E-state index contributed by atoms with van der Waals surface area (Å²) in [6.45, 7) is 3.40. The lowest BCUT2D eigenvalue weighted by Crippen LogP contribution is -2.37. The number of hydrogen-bond donors (Lipinski definition) is 3. The van der Waals surface area contributed by atoms with Crippen LogP contribution in [0.15, 0.2) is 51.7 Å². The monoisotopic (exact) mass is 437 g/mol. The maximum absolute atomic E-state index is 12.8. The first-order valence-corrected chi connectivity index (χ1v) is 9.83. The Hall–Kier alpha value is -4.12. The van der Waals surface area contributed by atoms with E-state index in [1.807, 2.05) is 6.92 Å². The minimum atomic E-state index is -0.413. The van der Waals surface area contributed by atoms with Crippen molar-refractivity contribution in [2.75, 3.05) is 0 Å². The molecule has 3 rings (SSSR count). The van der Waals surface area contributed by atoms with Gasteiger partial charge in [0.2, 0.25) is 0 Å². The summed E-state index contributed by atoms with van der Waals surface area (Å²) in [4.78, 5) is 40.5. The quantitative estimate of drug-likeness (QED) is 0.120. The summed E-state index contributed by atoms with van der Waals surface area (Å²) >= 11 is 0. The third kappa shape index (κ3) is 4.18. The Kier molecular flexibility index (Phi) is 6.90. The van der Waals surface area contributed by atoms with Crippen molar-refractivity contribution in [2.45, 2.75) is 33.3 Å². The molecule has 11 heteroatoms. The summed E-state index contributed by atoms with van der Waals surface area (Å²) < 4.78 is 7.31. The fourth-order valence-electron chi connectivity index (χ4n) is 3.41. The van der Waals surface area contributed by atoms with Gasteiger partial charge in [0.1, 0.15) is 29.3 Å². The smallest absolute Gasteiger partial charge is 0.268 e. The van der Waals surface area contributed by atoms with Crippen LogP contribution in [0.25, 0.3) is 5.65 Å². The second-order valence-corrected chi connectivity index (χ2v) is 6.95. The minimum absolute atomic E-state index is 0.00205. The third-order valence-electron chi connectivity index (χ3n) is 4.93. The average molecular weight is 437 g/mol. The maximum atomic E-state index is 12.8. The van der Waals surface area contributed by atoms with Crippen molar-refractivity contribution in [3.8, 4) is 5.75 Å². The molecule has 1 aromatic carbocycles. The number of nitrogens with one attached hydrogen (secondary N) is 1. The molecule has 0 atom stereocenters. The van der Waals surface area contributed by atoms with E-state index in [0.29, 0.717) is 28.9 Å². The first kappa shape index (κ1) is 22.6. The number of fused-ring (bicyclic) bond motifs is 1. The zero-order valence-corrected chi connectivity index (χ0v) is 17.7. The zero-order valence-electron chi connectivity index (χ0n) is 17.7. The maximum Gasteiger partial charge on any atom is 0.268 e. The molecule has 2 aromatic heterocycles. The number of hydrogen-bond acceptors (Lipinski definition) is 9. The molecule has 0 saturated carbocycles. The van der Waals surface area contributed by atoms with Crippen molar-refractivity contribution in [1.29, 1.82) is 0 Å². The van der Waals surface area contributed by atoms with Crippen LogP contribution in [0.3, 0.4) is 0 Å². The minimum Gasteiger partial charge on any atom is -0.488 e. The van der Waals surface area contributed by atoms with Gasteiger partial charge in [-0.2, -0.15) is 5.10 Å². The van der Waals surface area contributed by atoms with E-state index in [1.165, 1.54) is 23.6 Å². The van der Waals surface area contributed by atoms with Gasteiger partial charge in [0, 0.05) is 29.1 Å². The third-order valence-corrected chi connectivity index (χ3v) is 4.93. The number of hydrazone groups is 1. The number of ether oxygens (including phenoxy) is 1. The normalized spacial score (nSPS) is 11.4. The summed E-state index contributed by atoms with van der Waals surface area (Å²) in [5.74, 6) is 10.8. The summed E-state index contributed by atoms with van der Waals surface area (Å²) in [5.41, 5.74) is 3.88. The molecule has 0 aliphatic carbocycles. The van der Waals surface area contributed by atoms with Gasteiger partial charge in [-0.1, -0.05) is 19.4 Å². The summed E-state index contributed by atoms with van der Waals surface area (Å²) in [6.07, 6.45) is 4.13. The molecule has 0 radical (unpaired) electrons. The Morgan fingerprint density at radius 3 is 2.69 bits per heavy atom. The molecule has 11 nitrogen and oxygen atoms in total. The number of ketones is 1. The van der Waals surface area contributed by atoms with Crippen LogP contribution in [-0.4, -0.2) is 21.0 Å². The highest BCUT2D eigenvalue weighted by Gasteiger charge is 2.18. The van der Waals surface area contributed by atoms with Crippen LogP contribution in [0.5, 0.6) is 5.75 Å². The van der Waals surface area contributed by atoms with Crippen molar-refractivity contribution >= 4 is 23.0 Å². The molecule has 5 N–H and O–H groups in total. The number of amidine groups is 1. The van der Waals surface area contributed by atoms with Crippen molar-refractivity contribution in [2.24, 2.45) is 22.0 Å². The molecule has 0 spiro atoms. The van der Waals surface area contributed by atoms with Crippen molar-refractivity contribution < 1.29 is 9.53 Å². The average Bonchev–Trinajstić information content (AvgIpc) is 2.80. The molecular formula is C21H23N7O4. The molecule has 32 heavy (non-hydrogen) atoms. The van der Waals surface area contributed by atoms with Gasteiger partial charge in [-0.05, 0) is 36.7 Å². The van der Waals surface area contributed by atoms with E-state index < -0.39 is 5.56 Å². The number of aromatic nitrogens is 2. The van der Waals surface area contributed by atoms with E-state index >= 15 is 0 Å². The molecule has 0 fully saturated rings. The van der Waals surface area contributed by atoms with Crippen molar-refractivity contribution in [3.05, 3.63) is 74.2 Å². The number of nitrogens with zero attached hydrogens (tertiary/aromatic N) is 4. The highest BCUT2D eigenvalue weighted by molar-refractivity contribution is 6.00. The molecule has 0 bridgehead atoms. The molecule has 0 aliphatic heterocycles. The van der Waals surface area contributed by atoms with Gasteiger partial charge in [0.05, 0.1) is 0 Å². The Morgan fingerprint density at radius 2 is 2.06 bits per heavy atom. The molecular weight excluding hydrogens is 414 g/mol. The van der Waals surface area contributed by atoms with Crippen LogP contribution in [0.4, 0.5) is 5.69 Å². The van der Waals surface area contributed by atoms with E-state index in [4.69, 9.17) is 16.4 Å². The number of nitrogens with two attached hydrogens (primary N) is 2.